The SMILES string of the molecule is CC1(C)CN(C(=O)c2cc(=O)c(O)co2)C[C@H]1c1ccccc1. The molecule has 1 N–H and O–H groups in total. The highest BCUT2D eigenvalue weighted by Crippen LogP contribution is 2.42. The quantitative estimate of drug-likeness (QED) is 0.925. The number of benzene rings is 1. The van der Waals surface area contributed by atoms with E-state index in [4.69, 9.17) is 4.42 Å². The largest absolute Gasteiger partial charge is 0.502 e. The molecule has 0 saturated carbocycles. The number of amides is 1. The first-order valence-corrected chi connectivity index (χ1v) is 7.54. The molecule has 1 aliphatic heterocycles. The average molecular weight is 313 g/mol. The zero-order valence-corrected chi connectivity index (χ0v) is 13.2. The van der Waals surface area contributed by atoms with E-state index in [1.54, 1.807) is 4.90 Å². The molecule has 1 saturated heterocycles. The fourth-order valence-electron chi connectivity index (χ4n) is 3.20. The summed E-state index contributed by atoms with van der Waals surface area (Å²) in [5.41, 5.74) is 0.506. The summed E-state index contributed by atoms with van der Waals surface area (Å²) in [5.74, 6) is -0.645. The Balaban J connectivity index is 1.86. The highest BCUT2D eigenvalue weighted by atomic mass is 16.4. The van der Waals surface area contributed by atoms with Crippen LogP contribution in [0.5, 0.6) is 5.75 Å². The van der Waals surface area contributed by atoms with E-state index in [-0.39, 0.29) is 23.0 Å². The zero-order valence-electron chi connectivity index (χ0n) is 13.2. The number of carbonyl (C=O) groups is 1. The minimum atomic E-state index is -0.613. The van der Waals surface area contributed by atoms with Gasteiger partial charge in [-0.2, -0.15) is 0 Å². The summed E-state index contributed by atoms with van der Waals surface area (Å²) in [4.78, 5) is 25.8. The minimum Gasteiger partial charge on any atom is -0.502 e. The second-order valence-electron chi connectivity index (χ2n) is 6.63. The van der Waals surface area contributed by atoms with Crippen LogP contribution in [0.2, 0.25) is 0 Å². The van der Waals surface area contributed by atoms with Crippen LogP contribution in [-0.2, 0) is 0 Å². The topological polar surface area (TPSA) is 70.8 Å². The van der Waals surface area contributed by atoms with Crippen LogP contribution in [0.15, 0.2) is 51.9 Å². The van der Waals surface area contributed by atoms with Gasteiger partial charge in [0.15, 0.2) is 11.5 Å². The van der Waals surface area contributed by atoms with Crippen molar-refractivity contribution in [3.63, 3.8) is 0 Å². The fraction of sp³-hybridized carbons (Fsp3) is 0.333. The first-order chi connectivity index (χ1) is 10.9. The van der Waals surface area contributed by atoms with Crippen molar-refractivity contribution in [1.82, 2.24) is 4.90 Å². The molecule has 0 aliphatic carbocycles. The summed E-state index contributed by atoms with van der Waals surface area (Å²) >= 11 is 0. The molecule has 1 aliphatic rings. The molecule has 1 aromatic carbocycles. The number of hydrogen-bond acceptors (Lipinski definition) is 4. The molecule has 5 heteroatoms. The molecule has 3 rings (SSSR count). The lowest BCUT2D eigenvalue weighted by molar-refractivity contribution is 0.0743. The Bertz CT molecular complexity index is 779. The van der Waals surface area contributed by atoms with Crippen molar-refractivity contribution in [3.05, 3.63) is 64.2 Å². The van der Waals surface area contributed by atoms with Gasteiger partial charge in [0.25, 0.3) is 5.91 Å². The molecule has 1 amide bonds. The Morgan fingerprint density at radius 3 is 2.65 bits per heavy atom. The maximum Gasteiger partial charge on any atom is 0.289 e. The second kappa shape index (κ2) is 5.57. The van der Waals surface area contributed by atoms with Gasteiger partial charge in [-0.15, -0.1) is 0 Å². The molecule has 1 aromatic heterocycles. The Morgan fingerprint density at radius 1 is 1.30 bits per heavy atom. The number of rotatable bonds is 2. The van der Waals surface area contributed by atoms with Crippen LogP contribution in [0.3, 0.4) is 0 Å². The lowest BCUT2D eigenvalue weighted by Crippen LogP contribution is -2.30. The first-order valence-electron chi connectivity index (χ1n) is 7.54. The van der Waals surface area contributed by atoms with Crippen LogP contribution in [0.1, 0.15) is 35.9 Å². The van der Waals surface area contributed by atoms with Gasteiger partial charge in [-0.25, -0.2) is 0 Å². The Morgan fingerprint density at radius 2 is 2.00 bits per heavy atom. The van der Waals surface area contributed by atoms with Gasteiger partial charge in [0, 0.05) is 25.1 Å². The summed E-state index contributed by atoms with van der Waals surface area (Å²) in [5, 5.41) is 9.23. The third-order valence-electron chi connectivity index (χ3n) is 4.46. The molecule has 5 nitrogen and oxygen atoms in total. The second-order valence-corrected chi connectivity index (χ2v) is 6.63. The van der Waals surface area contributed by atoms with E-state index in [2.05, 4.69) is 26.0 Å². The lowest BCUT2D eigenvalue weighted by Gasteiger charge is -2.25. The molecule has 0 radical (unpaired) electrons. The van der Waals surface area contributed by atoms with E-state index >= 15 is 0 Å². The molecule has 120 valence electrons. The molecular formula is C18H19NO4. The van der Waals surface area contributed by atoms with Crippen LogP contribution in [0, 0.1) is 5.41 Å². The number of hydrogen-bond donors (Lipinski definition) is 1. The highest BCUT2D eigenvalue weighted by Gasteiger charge is 2.42. The van der Waals surface area contributed by atoms with Gasteiger partial charge in [-0.3, -0.25) is 9.59 Å². The predicted molar refractivity (Wildman–Crippen MR) is 85.5 cm³/mol. The third kappa shape index (κ3) is 2.86. The lowest BCUT2D eigenvalue weighted by atomic mass is 9.78. The maximum atomic E-state index is 12.6. The normalized spacial score (nSPS) is 19.7. The molecule has 2 heterocycles. The van der Waals surface area contributed by atoms with Crippen molar-refractivity contribution < 1.29 is 14.3 Å². The molecule has 0 spiro atoms. The van der Waals surface area contributed by atoms with Crippen molar-refractivity contribution in [2.45, 2.75) is 19.8 Å². The summed E-state index contributed by atoms with van der Waals surface area (Å²) in [6.45, 7) is 5.41. The van der Waals surface area contributed by atoms with Gasteiger partial charge in [0.1, 0.15) is 6.26 Å². The molecule has 1 atom stereocenters. The minimum absolute atomic E-state index is 0.0442. The van der Waals surface area contributed by atoms with Crippen molar-refractivity contribution in [3.8, 4) is 5.75 Å². The van der Waals surface area contributed by atoms with Gasteiger partial charge in [0.2, 0.25) is 5.43 Å². The number of aromatic hydroxyl groups is 1. The zero-order chi connectivity index (χ0) is 16.6. The molecule has 0 bridgehead atoms. The Hall–Kier alpha value is -2.56. The number of carbonyl (C=O) groups excluding carboxylic acids is 1. The van der Waals surface area contributed by atoms with Crippen molar-refractivity contribution in [2.75, 3.05) is 13.1 Å². The fourth-order valence-corrected chi connectivity index (χ4v) is 3.20. The van der Waals surface area contributed by atoms with Crippen molar-refractivity contribution in [2.24, 2.45) is 5.41 Å². The van der Waals surface area contributed by atoms with E-state index in [9.17, 15) is 14.7 Å². The predicted octanol–water partition coefficient (Wildman–Crippen LogP) is 2.61. The maximum absolute atomic E-state index is 12.6. The van der Waals surface area contributed by atoms with Crippen LogP contribution in [0.4, 0.5) is 0 Å². The summed E-state index contributed by atoms with van der Waals surface area (Å²) in [6, 6.07) is 11.1. The molecule has 23 heavy (non-hydrogen) atoms. The summed E-state index contributed by atoms with van der Waals surface area (Å²) in [7, 11) is 0. The standard InChI is InChI=1S/C18H19NO4/c1-18(2)11-19(9-13(18)12-6-4-3-5-7-12)17(22)16-8-14(20)15(21)10-23-16/h3-8,10,13,21H,9,11H2,1-2H3/t13-/m0/s1. The molecule has 0 unspecified atom stereocenters. The summed E-state index contributed by atoms with van der Waals surface area (Å²) in [6.07, 6.45) is 0.908. The van der Waals surface area contributed by atoms with E-state index in [0.717, 1.165) is 12.3 Å². The molecule has 1 fully saturated rings. The van der Waals surface area contributed by atoms with Gasteiger partial charge < -0.3 is 14.4 Å². The van der Waals surface area contributed by atoms with Gasteiger partial charge in [-0.05, 0) is 11.0 Å². The third-order valence-corrected chi connectivity index (χ3v) is 4.46. The molecule has 2 aromatic rings. The van der Waals surface area contributed by atoms with Gasteiger partial charge >= 0.3 is 0 Å². The Labute approximate surface area is 134 Å². The Kier molecular flexibility index (Phi) is 3.72. The first kappa shape index (κ1) is 15.3. The van der Waals surface area contributed by atoms with Gasteiger partial charge in [-0.1, -0.05) is 44.2 Å². The number of nitrogens with zero attached hydrogens (tertiary/aromatic N) is 1. The monoisotopic (exact) mass is 313 g/mol. The molecular weight excluding hydrogens is 294 g/mol. The van der Waals surface area contributed by atoms with Gasteiger partial charge in [0.05, 0.1) is 0 Å². The van der Waals surface area contributed by atoms with Crippen LogP contribution < -0.4 is 5.43 Å². The van der Waals surface area contributed by atoms with E-state index in [1.165, 1.54) is 5.56 Å². The highest BCUT2D eigenvalue weighted by molar-refractivity contribution is 5.91. The number of likely N-dealkylation sites (tertiary alicyclic amines) is 1. The van der Waals surface area contributed by atoms with E-state index in [0.29, 0.717) is 13.1 Å². The smallest absolute Gasteiger partial charge is 0.289 e. The van der Waals surface area contributed by atoms with Crippen LogP contribution in [-0.4, -0.2) is 29.0 Å². The summed E-state index contributed by atoms with van der Waals surface area (Å²) < 4.78 is 5.08. The van der Waals surface area contributed by atoms with Crippen LogP contribution in [0.25, 0.3) is 0 Å². The van der Waals surface area contributed by atoms with E-state index in [1.807, 2.05) is 18.2 Å². The van der Waals surface area contributed by atoms with Crippen molar-refractivity contribution >= 4 is 5.91 Å². The van der Waals surface area contributed by atoms with E-state index < -0.39 is 11.2 Å². The van der Waals surface area contributed by atoms with Crippen LogP contribution >= 0.6 is 0 Å². The average Bonchev–Trinajstić information content (AvgIpc) is 2.85. The van der Waals surface area contributed by atoms with Crippen molar-refractivity contribution in [1.29, 1.82) is 0 Å².